The summed E-state index contributed by atoms with van der Waals surface area (Å²) in [4.78, 5) is 0. The van der Waals surface area contributed by atoms with Crippen LogP contribution in [0.3, 0.4) is 0 Å². The minimum Gasteiger partial charge on any atom is -0.271 e. The van der Waals surface area contributed by atoms with Crippen LogP contribution in [0.4, 0.5) is 4.39 Å². The summed E-state index contributed by atoms with van der Waals surface area (Å²) in [5.41, 5.74) is 4.71. The van der Waals surface area contributed by atoms with Gasteiger partial charge in [0, 0.05) is 4.47 Å². The fourth-order valence-corrected chi connectivity index (χ4v) is 2.58. The van der Waals surface area contributed by atoms with Crippen LogP contribution in [-0.2, 0) is 6.42 Å². The van der Waals surface area contributed by atoms with Gasteiger partial charge in [-0.05, 0) is 51.7 Å². The number of nitrogens with two attached hydrogens (primary N) is 1. The molecule has 0 radical (unpaired) electrons. The summed E-state index contributed by atoms with van der Waals surface area (Å²) in [6.07, 6.45) is 0.608. The highest BCUT2D eigenvalue weighted by molar-refractivity contribution is 9.10. The lowest BCUT2D eigenvalue weighted by molar-refractivity contribution is 0.546. The fourth-order valence-electron chi connectivity index (χ4n) is 1.89. The van der Waals surface area contributed by atoms with Crippen molar-refractivity contribution in [2.24, 2.45) is 5.84 Å². The predicted octanol–water partition coefficient (Wildman–Crippen LogP) is 4.10. The number of benzene rings is 2. The minimum absolute atomic E-state index is 0.0637. The number of hydrogen-bond acceptors (Lipinski definition) is 2. The van der Waals surface area contributed by atoms with Gasteiger partial charge in [0.1, 0.15) is 5.82 Å². The second-order valence-electron chi connectivity index (χ2n) is 4.19. The molecule has 1 atom stereocenters. The second kappa shape index (κ2) is 6.61. The van der Waals surface area contributed by atoms with Crippen molar-refractivity contribution in [3.8, 4) is 0 Å². The molecule has 0 aliphatic heterocycles. The van der Waals surface area contributed by atoms with Crippen LogP contribution in [0.2, 0.25) is 0 Å². The number of hydrogen-bond donors (Lipinski definition) is 2. The first kappa shape index (κ1) is 14.7. The number of halogens is 3. The zero-order valence-corrected chi connectivity index (χ0v) is 13.2. The lowest BCUT2D eigenvalue weighted by Gasteiger charge is -2.17. The van der Waals surface area contributed by atoms with Gasteiger partial charge in [-0.25, -0.2) is 4.39 Å². The standard InChI is InChI=1S/C14H13Br2FN2/c15-11-6-4-9(5-7-11)13(19-18)8-10-2-1-3-12(17)14(10)16/h1-7,13,19H,8,18H2. The number of nitrogens with one attached hydrogen (secondary N) is 1. The summed E-state index contributed by atoms with van der Waals surface area (Å²) in [5, 5.41) is 0. The van der Waals surface area contributed by atoms with Gasteiger partial charge in [0.2, 0.25) is 0 Å². The molecule has 0 amide bonds. The smallest absolute Gasteiger partial charge is 0.137 e. The van der Waals surface area contributed by atoms with Crippen molar-refractivity contribution in [1.29, 1.82) is 0 Å². The van der Waals surface area contributed by atoms with Crippen LogP contribution in [0.25, 0.3) is 0 Å². The summed E-state index contributed by atoms with van der Waals surface area (Å²) in [7, 11) is 0. The monoisotopic (exact) mass is 386 g/mol. The van der Waals surface area contributed by atoms with E-state index in [1.54, 1.807) is 6.07 Å². The van der Waals surface area contributed by atoms with Crippen molar-refractivity contribution in [1.82, 2.24) is 5.43 Å². The van der Waals surface area contributed by atoms with Crippen molar-refractivity contribution in [3.63, 3.8) is 0 Å². The van der Waals surface area contributed by atoms with E-state index >= 15 is 0 Å². The summed E-state index contributed by atoms with van der Waals surface area (Å²) in [6, 6.07) is 12.8. The van der Waals surface area contributed by atoms with E-state index in [4.69, 9.17) is 5.84 Å². The van der Waals surface area contributed by atoms with E-state index in [0.29, 0.717) is 10.9 Å². The van der Waals surface area contributed by atoms with E-state index in [0.717, 1.165) is 15.6 Å². The van der Waals surface area contributed by atoms with Gasteiger partial charge in [0.15, 0.2) is 0 Å². The first-order chi connectivity index (χ1) is 9.11. The molecule has 0 bridgehead atoms. The van der Waals surface area contributed by atoms with Gasteiger partial charge >= 0.3 is 0 Å². The molecule has 0 aliphatic rings. The SMILES string of the molecule is NNC(Cc1cccc(F)c1Br)c1ccc(Br)cc1. The first-order valence-electron chi connectivity index (χ1n) is 5.76. The summed E-state index contributed by atoms with van der Waals surface area (Å²) in [5.74, 6) is 5.35. The Kier molecular flexibility index (Phi) is 5.10. The maximum absolute atomic E-state index is 13.5. The maximum atomic E-state index is 13.5. The van der Waals surface area contributed by atoms with Crippen molar-refractivity contribution in [2.75, 3.05) is 0 Å². The Morgan fingerprint density at radius 3 is 2.42 bits per heavy atom. The second-order valence-corrected chi connectivity index (χ2v) is 5.90. The quantitative estimate of drug-likeness (QED) is 0.612. The van der Waals surface area contributed by atoms with Crippen molar-refractivity contribution in [2.45, 2.75) is 12.5 Å². The van der Waals surface area contributed by atoms with E-state index in [9.17, 15) is 4.39 Å². The van der Waals surface area contributed by atoms with E-state index in [2.05, 4.69) is 37.3 Å². The van der Waals surface area contributed by atoms with Crippen LogP contribution >= 0.6 is 31.9 Å². The maximum Gasteiger partial charge on any atom is 0.137 e. The Morgan fingerprint density at radius 2 is 1.79 bits per heavy atom. The lowest BCUT2D eigenvalue weighted by Crippen LogP contribution is -2.29. The van der Waals surface area contributed by atoms with Crippen LogP contribution in [-0.4, -0.2) is 0 Å². The van der Waals surface area contributed by atoms with Crippen LogP contribution in [0.5, 0.6) is 0 Å². The Hall–Kier alpha value is -0.750. The average Bonchev–Trinajstić information content (AvgIpc) is 2.42. The minimum atomic E-state index is -0.260. The molecule has 2 rings (SSSR count). The van der Waals surface area contributed by atoms with Crippen LogP contribution < -0.4 is 11.3 Å². The van der Waals surface area contributed by atoms with Gasteiger partial charge < -0.3 is 0 Å². The molecule has 0 saturated heterocycles. The third-order valence-corrected chi connectivity index (χ3v) is 4.35. The molecule has 5 heteroatoms. The van der Waals surface area contributed by atoms with E-state index in [1.165, 1.54) is 6.07 Å². The molecule has 0 saturated carbocycles. The Morgan fingerprint density at radius 1 is 1.11 bits per heavy atom. The molecule has 2 aromatic rings. The normalized spacial score (nSPS) is 12.4. The topological polar surface area (TPSA) is 38.0 Å². The Bertz CT molecular complexity index is 558. The lowest BCUT2D eigenvalue weighted by atomic mass is 9.99. The fraction of sp³-hybridized carbons (Fsp3) is 0.143. The van der Waals surface area contributed by atoms with E-state index in [1.807, 2.05) is 30.3 Å². The number of rotatable bonds is 4. The summed E-state index contributed by atoms with van der Waals surface area (Å²) < 4.78 is 15.0. The Labute approximate surface area is 128 Å². The number of hydrazine groups is 1. The molecule has 0 spiro atoms. The molecule has 2 aromatic carbocycles. The Balaban J connectivity index is 2.24. The molecule has 100 valence electrons. The highest BCUT2D eigenvalue weighted by Crippen LogP contribution is 2.26. The first-order valence-corrected chi connectivity index (χ1v) is 7.35. The molecule has 19 heavy (non-hydrogen) atoms. The zero-order chi connectivity index (χ0) is 13.8. The highest BCUT2D eigenvalue weighted by atomic mass is 79.9. The molecule has 2 nitrogen and oxygen atoms in total. The molecule has 0 heterocycles. The largest absolute Gasteiger partial charge is 0.271 e. The molecule has 3 N–H and O–H groups in total. The van der Waals surface area contributed by atoms with Crippen molar-refractivity contribution in [3.05, 3.63) is 68.4 Å². The zero-order valence-electron chi connectivity index (χ0n) is 10.0. The molecular formula is C14H13Br2FN2. The van der Waals surface area contributed by atoms with Crippen molar-refractivity contribution < 1.29 is 4.39 Å². The molecular weight excluding hydrogens is 375 g/mol. The summed E-state index contributed by atoms with van der Waals surface area (Å²) >= 11 is 6.67. The molecule has 1 unspecified atom stereocenters. The average molecular weight is 388 g/mol. The van der Waals surface area contributed by atoms with Gasteiger partial charge in [-0.15, -0.1) is 0 Å². The van der Waals surface area contributed by atoms with Gasteiger partial charge in [0.05, 0.1) is 10.5 Å². The van der Waals surface area contributed by atoms with E-state index < -0.39 is 0 Å². The third kappa shape index (κ3) is 3.63. The predicted molar refractivity (Wildman–Crippen MR) is 82.0 cm³/mol. The summed E-state index contributed by atoms with van der Waals surface area (Å²) in [6.45, 7) is 0. The van der Waals surface area contributed by atoms with Crippen LogP contribution in [0.1, 0.15) is 17.2 Å². The van der Waals surface area contributed by atoms with Crippen LogP contribution in [0, 0.1) is 5.82 Å². The van der Waals surface area contributed by atoms with Gasteiger partial charge in [-0.2, -0.15) is 0 Å². The van der Waals surface area contributed by atoms with Gasteiger partial charge in [0.25, 0.3) is 0 Å². The van der Waals surface area contributed by atoms with Crippen LogP contribution in [0.15, 0.2) is 51.4 Å². The van der Waals surface area contributed by atoms with Crippen molar-refractivity contribution >= 4 is 31.9 Å². The van der Waals surface area contributed by atoms with E-state index in [-0.39, 0.29) is 11.9 Å². The van der Waals surface area contributed by atoms with Gasteiger partial charge in [-0.3, -0.25) is 11.3 Å². The molecule has 0 fully saturated rings. The molecule has 0 aliphatic carbocycles. The van der Waals surface area contributed by atoms with Gasteiger partial charge in [-0.1, -0.05) is 40.2 Å². The highest BCUT2D eigenvalue weighted by Gasteiger charge is 2.13. The molecule has 0 aromatic heterocycles. The third-order valence-electron chi connectivity index (χ3n) is 2.93.